The van der Waals surface area contributed by atoms with Crippen molar-refractivity contribution in [3.05, 3.63) is 23.8 Å². The van der Waals surface area contributed by atoms with E-state index >= 15 is 0 Å². The Morgan fingerprint density at radius 2 is 1.61 bits per heavy atom. The van der Waals surface area contributed by atoms with Crippen LogP contribution in [0.3, 0.4) is 0 Å². The van der Waals surface area contributed by atoms with Crippen LogP contribution in [-0.4, -0.2) is 57.1 Å². The highest BCUT2D eigenvalue weighted by Gasteiger charge is 2.20. The monoisotopic (exact) mass is 338 g/mol. The fourth-order valence-electron chi connectivity index (χ4n) is 3.39. The van der Waals surface area contributed by atoms with Gasteiger partial charge in [-0.25, -0.2) is 0 Å². The molecule has 6 heteroatoms. The molecule has 2 aliphatic rings. The molecule has 3 rings (SSSR count). The topological polar surface area (TPSA) is 52.8 Å². The van der Waals surface area contributed by atoms with Gasteiger partial charge >= 0.3 is 0 Å². The molecule has 1 aromatic rings. The molecule has 5 nitrogen and oxygen atoms in total. The molecule has 1 aromatic carbocycles. The summed E-state index contributed by atoms with van der Waals surface area (Å²) in [7, 11) is 2.16. The van der Waals surface area contributed by atoms with E-state index in [9.17, 15) is 4.79 Å². The number of amides is 1. The van der Waals surface area contributed by atoms with Gasteiger partial charge in [-0.1, -0.05) is 0 Å². The summed E-state index contributed by atoms with van der Waals surface area (Å²) in [5, 5.41) is 0. The van der Waals surface area contributed by atoms with E-state index in [1.807, 2.05) is 12.1 Å². The number of primary amides is 1. The molecule has 2 saturated heterocycles. The van der Waals surface area contributed by atoms with Gasteiger partial charge in [0.05, 0.1) is 11.3 Å². The van der Waals surface area contributed by atoms with Gasteiger partial charge in [-0.15, -0.1) is 12.4 Å². The van der Waals surface area contributed by atoms with Crippen molar-refractivity contribution in [2.75, 3.05) is 56.1 Å². The minimum atomic E-state index is -0.328. The van der Waals surface area contributed by atoms with Gasteiger partial charge in [-0.05, 0) is 44.5 Å². The van der Waals surface area contributed by atoms with Gasteiger partial charge in [0, 0.05) is 45.0 Å². The lowest BCUT2D eigenvalue weighted by molar-refractivity contribution is 0.100. The lowest BCUT2D eigenvalue weighted by Crippen LogP contribution is -2.44. The smallest absolute Gasteiger partial charge is 0.250 e. The third-order valence-corrected chi connectivity index (χ3v) is 4.81. The second kappa shape index (κ2) is 7.88. The molecule has 0 unspecified atom stereocenters. The second-order valence-corrected chi connectivity index (χ2v) is 6.40. The molecule has 23 heavy (non-hydrogen) atoms. The van der Waals surface area contributed by atoms with Crippen LogP contribution in [0.25, 0.3) is 0 Å². The number of benzene rings is 1. The van der Waals surface area contributed by atoms with Crippen molar-refractivity contribution in [3.63, 3.8) is 0 Å². The number of nitrogens with zero attached hydrogens (tertiary/aromatic N) is 3. The normalized spacial score (nSPS) is 19.3. The van der Waals surface area contributed by atoms with E-state index in [1.165, 1.54) is 24.9 Å². The van der Waals surface area contributed by atoms with Gasteiger partial charge in [0.2, 0.25) is 0 Å². The Balaban J connectivity index is 0.00000192. The number of piperazine rings is 1. The lowest BCUT2D eigenvalue weighted by atomic mass is 10.1. The van der Waals surface area contributed by atoms with Gasteiger partial charge in [-0.2, -0.15) is 0 Å². The number of piperidine rings is 1. The Hall–Kier alpha value is -1.46. The van der Waals surface area contributed by atoms with Crippen molar-refractivity contribution in [2.45, 2.75) is 19.3 Å². The fourth-order valence-corrected chi connectivity index (χ4v) is 3.39. The minimum absolute atomic E-state index is 0. The molecule has 0 aromatic heterocycles. The van der Waals surface area contributed by atoms with Crippen molar-refractivity contribution < 1.29 is 4.79 Å². The van der Waals surface area contributed by atoms with E-state index in [4.69, 9.17) is 5.73 Å². The summed E-state index contributed by atoms with van der Waals surface area (Å²) in [5.74, 6) is -0.328. The highest BCUT2D eigenvalue weighted by molar-refractivity contribution is 5.99. The number of halogens is 1. The van der Waals surface area contributed by atoms with Crippen LogP contribution in [0.1, 0.15) is 29.6 Å². The number of rotatable bonds is 3. The first-order valence-electron chi connectivity index (χ1n) is 8.27. The van der Waals surface area contributed by atoms with Crippen molar-refractivity contribution in [3.8, 4) is 0 Å². The first-order chi connectivity index (χ1) is 10.6. The van der Waals surface area contributed by atoms with Crippen molar-refractivity contribution >= 4 is 29.7 Å². The number of hydrogen-bond acceptors (Lipinski definition) is 4. The zero-order valence-electron chi connectivity index (χ0n) is 13.8. The molecule has 0 atom stereocenters. The average molecular weight is 339 g/mol. The summed E-state index contributed by atoms with van der Waals surface area (Å²) in [6.07, 6.45) is 3.66. The third-order valence-electron chi connectivity index (χ3n) is 4.81. The van der Waals surface area contributed by atoms with E-state index in [-0.39, 0.29) is 18.3 Å². The van der Waals surface area contributed by atoms with E-state index < -0.39 is 0 Å². The highest BCUT2D eigenvalue weighted by Crippen LogP contribution is 2.29. The second-order valence-electron chi connectivity index (χ2n) is 6.40. The first kappa shape index (κ1) is 17.9. The molecule has 1 amide bonds. The Kier molecular flexibility index (Phi) is 6.13. The molecule has 0 bridgehead atoms. The van der Waals surface area contributed by atoms with E-state index in [1.54, 1.807) is 0 Å². The molecule has 0 spiro atoms. The molecule has 2 heterocycles. The van der Waals surface area contributed by atoms with Crippen molar-refractivity contribution in [1.29, 1.82) is 0 Å². The predicted molar refractivity (Wildman–Crippen MR) is 98.0 cm³/mol. The van der Waals surface area contributed by atoms with Crippen molar-refractivity contribution in [1.82, 2.24) is 4.90 Å². The van der Waals surface area contributed by atoms with Gasteiger partial charge in [0.15, 0.2) is 0 Å². The summed E-state index contributed by atoms with van der Waals surface area (Å²) in [6.45, 7) is 6.27. The quantitative estimate of drug-likeness (QED) is 0.915. The minimum Gasteiger partial charge on any atom is -0.371 e. The van der Waals surface area contributed by atoms with Crippen LogP contribution in [0.5, 0.6) is 0 Å². The zero-order valence-corrected chi connectivity index (χ0v) is 14.6. The van der Waals surface area contributed by atoms with Crippen LogP contribution in [0, 0.1) is 0 Å². The van der Waals surface area contributed by atoms with Gasteiger partial charge < -0.3 is 20.4 Å². The fraction of sp³-hybridized carbons (Fsp3) is 0.588. The number of hydrogen-bond donors (Lipinski definition) is 1. The Bertz CT molecular complexity index is 537. The lowest BCUT2D eigenvalue weighted by Gasteiger charge is -2.36. The Morgan fingerprint density at radius 1 is 0.957 bits per heavy atom. The summed E-state index contributed by atoms with van der Waals surface area (Å²) in [4.78, 5) is 18.8. The SMILES string of the molecule is CN1CCN(c2ccc(C(N)=O)c(N3CCCCC3)c2)CC1.Cl. The van der Waals surface area contributed by atoms with Gasteiger partial charge in [0.25, 0.3) is 5.91 Å². The summed E-state index contributed by atoms with van der Waals surface area (Å²) >= 11 is 0. The maximum Gasteiger partial charge on any atom is 0.250 e. The molecule has 0 radical (unpaired) electrons. The highest BCUT2D eigenvalue weighted by atomic mass is 35.5. The third kappa shape index (κ3) is 4.09. The number of carbonyl (C=O) groups excluding carboxylic acids is 1. The standard InChI is InChI=1S/C17H26N4O.ClH/c1-19-9-11-20(12-10-19)14-5-6-15(17(18)22)16(13-14)21-7-3-2-4-8-21;/h5-6,13H,2-4,7-12H2,1H3,(H2,18,22);1H. The number of anilines is 2. The van der Waals surface area contributed by atoms with Crippen LogP contribution in [0.15, 0.2) is 18.2 Å². The molecule has 2 fully saturated rings. The number of nitrogens with two attached hydrogens (primary N) is 1. The molecule has 2 aliphatic heterocycles. The van der Waals surface area contributed by atoms with Crippen LogP contribution in [-0.2, 0) is 0 Å². The molecule has 128 valence electrons. The van der Waals surface area contributed by atoms with Crippen LogP contribution in [0.4, 0.5) is 11.4 Å². The van der Waals surface area contributed by atoms with Gasteiger partial charge in [-0.3, -0.25) is 4.79 Å². The van der Waals surface area contributed by atoms with Crippen LogP contribution < -0.4 is 15.5 Å². The molecule has 2 N–H and O–H groups in total. The largest absolute Gasteiger partial charge is 0.371 e. The van der Waals surface area contributed by atoms with E-state index in [0.717, 1.165) is 45.0 Å². The van der Waals surface area contributed by atoms with Gasteiger partial charge in [0.1, 0.15) is 0 Å². The molecule has 0 aliphatic carbocycles. The molecular formula is C17H27ClN4O. The maximum absolute atomic E-state index is 11.8. The van der Waals surface area contributed by atoms with Crippen LogP contribution in [0.2, 0.25) is 0 Å². The summed E-state index contributed by atoms with van der Waals surface area (Å²) in [6, 6.07) is 6.11. The zero-order chi connectivity index (χ0) is 15.5. The van der Waals surface area contributed by atoms with E-state index in [2.05, 4.69) is 27.8 Å². The van der Waals surface area contributed by atoms with E-state index in [0.29, 0.717) is 5.56 Å². The number of carbonyl (C=O) groups is 1. The maximum atomic E-state index is 11.8. The Labute approximate surface area is 144 Å². The molecular weight excluding hydrogens is 312 g/mol. The average Bonchev–Trinajstić information content (AvgIpc) is 2.56. The summed E-state index contributed by atoms with van der Waals surface area (Å²) in [5.41, 5.74) is 8.46. The summed E-state index contributed by atoms with van der Waals surface area (Å²) < 4.78 is 0. The van der Waals surface area contributed by atoms with Crippen molar-refractivity contribution in [2.24, 2.45) is 5.73 Å². The Morgan fingerprint density at radius 3 is 2.22 bits per heavy atom. The predicted octanol–water partition coefficient (Wildman–Crippen LogP) is 1.95. The number of likely N-dealkylation sites (N-methyl/N-ethyl adjacent to an activating group) is 1. The molecule has 0 saturated carbocycles. The first-order valence-corrected chi connectivity index (χ1v) is 8.27. The van der Waals surface area contributed by atoms with Crippen LogP contribution >= 0.6 is 12.4 Å².